The molecule has 6 saturated heterocycles. The predicted octanol–water partition coefficient (Wildman–Crippen LogP) is 6.36. The van der Waals surface area contributed by atoms with E-state index in [0.29, 0.717) is 49.5 Å². The Balaban J connectivity index is 0.904. The number of nitrogens with zero attached hydrogens (tertiary/aromatic N) is 1. The monoisotopic (exact) mass is 1310 g/mol. The van der Waals surface area contributed by atoms with Gasteiger partial charge in [0.25, 0.3) is 0 Å². The van der Waals surface area contributed by atoms with Gasteiger partial charge in [0.05, 0.1) is 86.6 Å². The summed E-state index contributed by atoms with van der Waals surface area (Å²) in [5, 5.41) is 62.0. The maximum absolute atomic E-state index is 15.6. The van der Waals surface area contributed by atoms with Crippen LogP contribution in [0.1, 0.15) is 147 Å². The van der Waals surface area contributed by atoms with Crippen LogP contribution >= 0.6 is 0 Å². The van der Waals surface area contributed by atoms with Crippen molar-refractivity contribution in [1.29, 1.82) is 0 Å². The summed E-state index contributed by atoms with van der Waals surface area (Å²) in [7, 11) is 1.15. The molecule has 1 saturated carbocycles. The summed E-state index contributed by atoms with van der Waals surface area (Å²) < 4.78 is 81.5. The van der Waals surface area contributed by atoms with Gasteiger partial charge in [-0.05, 0) is 109 Å². The van der Waals surface area contributed by atoms with Gasteiger partial charge in [0, 0.05) is 68.1 Å². The lowest BCUT2D eigenvalue weighted by molar-refractivity contribution is -0.584. The van der Waals surface area contributed by atoms with Gasteiger partial charge in [0.15, 0.2) is 43.2 Å². The molecule has 10 rings (SSSR count). The maximum Gasteiger partial charge on any atom is 0.407 e. The fourth-order valence-corrected chi connectivity index (χ4v) is 16.9. The number of carbonyl (C=O) groups is 5. The molecule has 7 fully saturated rings. The molecule has 29 atom stereocenters. The van der Waals surface area contributed by atoms with Crippen molar-refractivity contribution < 1.29 is 111 Å². The highest BCUT2D eigenvalue weighted by Crippen LogP contribution is 2.61. The molecule has 6 heterocycles. The third kappa shape index (κ3) is 14.0. The molecule has 5 unspecified atom stereocenters. The number of aliphatic hydroxyl groups excluding tert-OH is 4. The number of rotatable bonds is 14. The average Bonchev–Trinajstić information content (AvgIpc) is 1.68. The summed E-state index contributed by atoms with van der Waals surface area (Å²) in [5.41, 5.74) is -4.91. The van der Waals surface area contributed by atoms with E-state index < -0.39 is 210 Å². The number of esters is 2. The van der Waals surface area contributed by atoms with E-state index in [4.69, 9.17) is 61.6 Å². The summed E-state index contributed by atoms with van der Waals surface area (Å²) in [4.78, 5) is 80.4. The van der Waals surface area contributed by atoms with Crippen LogP contribution in [-0.2, 0) is 80.8 Å². The number of nitro groups is 1. The minimum absolute atomic E-state index is 0.00196. The van der Waals surface area contributed by atoms with Crippen LogP contribution in [0.3, 0.4) is 0 Å². The number of ether oxygens (including phenoxy) is 13. The molecule has 4 aliphatic carbocycles. The van der Waals surface area contributed by atoms with Crippen molar-refractivity contribution in [2.45, 2.75) is 281 Å². The smallest absolute Gasteiger partial charge is 0.407 e. The molecule has 1 amide bonds. The molecule has 0 aromatic carbocycles. The first-order valence-electron chi connectivity index (χ1n) is 33.1. The number of amides is 1. The molecule has 0 aromatic rings. The van der Waals surface area contributed by atoms with E-state index in [9.17, 15) is 49.7 Å². The van der Waals surface area contributed by atoms with Gasteiger partial charge >= 0.3 is 18.0 Å². The van der Waals surface area contributed by atoms with Crippen LogP contribution in [0.5, 0.6) is 0 Å². The number of methoxy groups -OCH3 is 1. The third-order valence-electron chi connectivity index (χ3n) is 21.7. The van der Waals surface area contributed by atoms with Crippen molar-refractivity contribution in [1.82, 2.24) is 5.32 Å². The number of hydrogen-bond donors (Lipinski definition) is 5. The second kappa shape index (κ2) is 28.2. The van der Waals surface area contributed by atoms with Crippen LogP contribution in [0.2, 0.25) is 0 Å². The molecule has 26 nitrogen and oxygen atoms in total. The quantitative estimate of drug-likeness (QED) is 0.0240. The average molecular weight is 1310 g/mol. The zero-order valence-electron chi connectivity index (χ0n) is 55.4. The molecular formula is C67H96N2O24. The Bertz CT molecular complexity index is 2960. The zero-order valence-corrected chi connectivity index (χ0v) is 55.4. The van der Waals surface area contributed by atoms with Crippen molar-refractivity contribution in [3.63, 3.8) is 0 Å². The van der Waals surface area contributed by atoms with E-state index in [1.165, 1.54) is 19.9 Å². The number of hydrogen-bond acceptors (Lipinski definition) is 24. The number of aliphatic hydroxyl groups is 4. The lowest BCUT2D eigenvalue weighted by atomic mass is 9.49. The Morgan fingerprint density at radius 2 is 1.35 bits per heavy atom. The van der Waals surface area contributed by atoms with Gasteiger partial charge in [-0.15, -0.1) is 0 Å². The lowest BCUT2D eigenvalue weighted by Gasteiger charge is -2.56. The molecule has 0 aromatic heterocycles. The van der Waals surface area contributed by atoms with E-state index in [0.717, 1.165) is 7.11 Å². The number of nitrogens with one attached hydrogen (secondary N) is 1. The lowest BCUT2D eigenvalue weighted by Crippen LogP contribution is -2.65. The molecule has 93 heavy (non-hydrogen) atoms. The van der Waals surface area contributed by atoms with Crippen molar-refractivity contribution >= 4 is 30.1 Å². The highest BCUT2D eigenvalue weighted by Gasteiger charge is 2.65. The van der Waals surface area contributed by atoms with Gasteiger partial charge in [-0.1, -0.05) is 50.6 Å². The minimum atomic E-state index is -2.20. The van der Waals surface area contributed by atoms with Crippen molar-refractivity contribution in [2.75, 3.05) is 7.11 Å². The molecular weight excluding hydrogens is 1220 g/mol. The molecule has 10 aliphatic rings. The van der Waals surface area contributed by atoms with Gasteiger partial charge in [0.1, 0.15) is 35.9 Å². The van der Waals surface area contributed by atoms with E-state index in [1.54, 1.807) is 33.8 Å². The standard InChI is InChI=1S/C67H96N2O24/c1-30-14-18-47(88-54-28-65(11,69(79)80)60(38(9)86-54)68-64(78)81-13)31(2)23-43-45(73)24-40(29-70)27-67(43)62(76)55(63(77)93-67)61(75)66(12)42(30)16-15-41-56(66)32(3)22-33(4)57(41)92-53-26-49(59(37(8)85-53)87-39(10)71)90-50-21-19-48(35(6)83-50)89-52-25-46(74)58(36(7)84-52)91-51-20-17-44(72)34(5)82-51/h14-16,23-24,29,32-38,41-54,56-60,72-75H,17-22,25-28H2,1-13H3,(H,68,78)/b30-14+,31-23?,61-55?/t32-,33-,34-,35-,36-,37-,38+,41-,42+,43+,44+,45-,46+,47-,48?,49+,50-,51-,52-,53-,54-,56+,57?,58?,59-,60?,65-,66+,67?/m0/s1. The number of ketones is 1. The van der Waals surface area contributed by atoms with Crippen molar-refractivity contribution in [2.24, 2.45) is 40.9 Å². The number of allylic oxidation sites excluding steroid dienone is 3. The molecule has 6 aliphatic heterocycles. The second-order valence-corrected chi connectivity index (χ2v) is 28.2. The van der Waals surface area contributed by atoms with E-state index in [-0.39, 0.29) is 43.1 Å². The van der Waals surface area contributed by atoms with Crippen LogP contribution in [0.4, 0.5) is 4.79 Å². The van der Waals surface area contributed by atoms with Crippen LogP contribution in [0.15, 0.2) is 58.4 Å². The zero-order chi connectivity index (χ0) is 67.5. The fourth-order valence-electron chi connectivity index (χ4n) is 16.9. The Hall–Kier alpha value is -5.07. The predicted molar refractivity (Wildman–Crippen MR) is 325 cm³/mol. The Kier molecular flexibility index (Phi) is 21.4. The largest absolute Gasteiger partial charge is 0.511 e. The van der Waals surface area contributed by atoms with Crippen LogP contribution in [0, 0.1) is 51.0 Å². The van der Waals surface area contributed by atoms with Crippen molar-refractivity contribution in [3.8, 4) is 0 Å². The van der Waals surface area contributed by atoms with Gasteiger partial charge in [-0.2, -0.15) is 0 Å². The summed E-state index contributed by atoms with van der Waals surface area (Å²) in [6.45, 7) is 21.0. The number of carbonyl (C=O) groups excluding carboxylic acids is 5. The second-order valence-electron chi connectivity index (χ2n) is 28.2. The number of alkyl carbamates (subject to hydrolysis) is 1. The first-order chi connectivity index (χ1) is 43.9. The molecule has 5 N–H and O–H groups in total. The molecule has 26 heteroatoms. The van der Waals surface area contributed by atoms with Crippen LogP contribution in [-0.4, -0.2) is 197 Å². The summed E-state index contributed by atoms with van der Waals surface area (Å²) >= 11 is 0. The fraction of sp³-hybridized carbons (Fsp3) is 0.776. The number of fused-ring (bicyclic) bond motifs is 4. The number of aldehydes is 1. The van der Waals surface area contributed by atoms with Gasteiger partial charge in [-0.25, -0.2) is 9.59 Å². The third-order valence-corrected chi connectivity index (χ3v) is 21.7. The first kappa shape index (κ1) is 70.7. The van der Waals surface area contributed by atoms with E-state index in [2.05, 4.69) is 25.2 Å². The normalized spacial score (nSPS) is 46.8. The SMILES string of the molecule is COC(=O)NC1[C@@H](C)O[C@@H](O[C@H]2C/C=C(\C)[C@H]3C=C[C@@H]4C(O[C@H]5C[C@@H](O[C@H]6CCC(O[C@H]7C[C@@H](O)C(O[C@H]8CC[C@@H](O)[C@H](C)O8)[C@H](C)O7)[C@H](C)O6)[C@@H](OC(C)=O)[C@H](C)O5)[C@@H](C)C[C@H](C)[C@H]4[C@]3(C)C(O)=C3C(=O)OC4(CC(C=O)=C[C@H](O)[C@H]4C=C2C)C3=O)C[C@]1(C)[N+](=O)[O-]. The van der Waals surface area contributed by atoms with Gasteiger partial charge < -0.3 is 87.3 Å². The summed E-state index contributed by atoms with van der Waals surface area (Å²) in [6, 6.07) is -1.12. The maximum atomic E-state index is 15.6. The minimum Gasteiger partial charge on any atom is -0.511 e. The van der Waals surface area contributed by atoms with E-state index >= 15 is 4.79 Å². The molecule has 1 spiro atoms. The van der Waals surface area contributed by atoms with Crippen LogP contribution < -0.4 is 5.32 Å². The Morgan fingerprint density at radius 1 is 0.720 bits per heavy atom. The number of Topliss-reactive ketones (excluding diaryl/α,β-unsaturated/α-hetero) is 1. The summed E-state index contributed by atoms with van der Waals surface area (Å²) in [5.74, 6) is -6.46. The highest BCUT2D eigenvalue weighted by atomic mass is 16.8. The van der Waals surface area contributed by atoms with E-state index in [1.807, 2.05) is 39.8 Å². The Labute approximate surface area is 542 Å². The van der Waals surface area contributed by atoms with Crippen molar-refractivity contribution in [3.05, 3.63) is 68.5 Å². The molecule has 0 radical (unpaired) electrons. The highest BCUT2D eigenvalue weighted by molar-refractivity contribution is 6.26. The molecule has 2 bridgehead atoms. The molecule has 518 valence electrons. The first-order valence-corrected chi connectivity index (χ1v) is 33.1. The van der Waals surface area contributed by atoms with Crippen LogP contribution in [0.25, 0.3) is 0 Å². The van der Waals surface area contributed by atoms with Gasteiger partial charge in [-0.3, -0.25) is 24.5 Å². The van der Waals surface area contributed by atoms with Gasteiger partial charge in [0.2, 0.25) is 11.3 Å². The Morgan fingerprint density at radius 3 is 2.01 bits per heavy atom. The summed E-state index contributed by atoms with van der Waals surface area (Å²) in [6.07, 6.45) is -4.21. The topological polar surface area (TPSA) is 341 Å².